The molecule has 0 saturated heterocycles. The van der Waals surface area contributed by atoms with Crippen LogP contribution in [0.5, 0.6) is 0 Å². The minimum Gasteiger partial charge on any atom is -0.0654 e. The van der Waals surface area contributed by atoms with Gasteiger partial charge in [-0.05, 0) is 30.6 Å². The van der Waals surface area contributed by atoms with Crippen molar-refractivity contribution in [2.75, 3.05) is 0 Å². The van der Waals surface area contributed by atoms with Crippen LogP contribution in [-0.2, 0) is 0 Å². The molecule has 2 atom stereocenters. The Morgan fingerprint density at radius 1 is 1.40 bits per heavy atom. The fourth-order valence-electron chi connectivity index (χ4n) is 2.41. The van der Waals surface area contributed by atoms with Crippen LogP contribution >= 0.6 is 0 Å². The van der Waals surface area contributed by atoms with Crippen LogP contribution < -0.4 is 0 Å². The summed E-state index contributed by atoms with van der Waals surface area (Å²) in [7, 11) is 0. The Morgan fingerprint density at radius 3 is 2.20 bits per heavy atom. The fourth-order valence-corrected chi connectivity index (χ4v) is 2.41. The molecule has 1 aliphatic rings. The summed E-state index contributed by atoms with van der Waals surface area (Å²) in [6.45, 7) is 7.08. The molecule has 0 aliphatic heterocycles. The lowest BCUT2D eigenvalue weighted by atomic mass is 9.57. The van der Waals surface area contributed by atoms with E-state index >= 15 is 0 Å². The normalized spacial score (nSPS) is 39.3. The Hall–Kier alpha value is 0. The first-order valence-electron chi connectivity index (χ1n) is 4.75. The molecule has 0 amide bonds. The molecule has 1 aliphatic carbocycles. The van der Waals surface area contributed by atoms with Gasteiger partial charge in [0.2, 0.25) is 0 Å². The van der Waals surface area contributed by atoms with Crippen molar-refractivity contribution in [1.82, 2.24) is 0 Å². The molecule has 10 heavy (non-hydrogen) atoms. The smallest absolute Gasteiger partial charge is 0.0274 e. The van der Waals surface area contributed by atoms with Crippen LogP contribution in [0, 0.1) is 11.3 Å². The van der Waals surface area contributed by atoms with Crippen molar-refractivity contribution in [3.8, 4) is 0 Å². The fraction of sp³-hybridized carbons (Fsp3) is 1.00. The average Bonchev–Trinajstić information content (AvgIpc) is 1.97. The highest BCUT2D eigenvalue weighted by atomic mass is 14.5. The molecule has 0 radical (unpaired) electrons. The summed E-state index contributed by atoms with van der Waals surface area (Å²) in [4.78, 5) is 0. The summed E-state index contributed by atoms with van der Waals surface area (Å²) in [5, 5.41) is 0. The van der Waals surface area contributed by atoms with Crippen molar-refractivity contribution < 1.29 is 0 Å². The van der Waals surface area contributed by atoms with Crippen LogP contribution in [-0.4, -0.2) is 0 Å². The Labute approximate surface area is 65.0 Å². The summed E-state index contributed by atoms with van der Waals surface area (Å²) in [6.07, 6.45) is 7.22. The van der Waals surface area contributed by atoms with Gasteiger partial charge in [-0.3, -0.25) is 0 Å². The molecule has 0 nitrogen and oxygen atoms in total. The van der Waals surface area contributed by atoms with Gasteiger partial charge in [0.1, 0.15) is 0 Å². The summed E-state index contributed by atoms with van der Waals surface area (Å²) < 4.78 is 0. The van der Waals surface area contributed by atoms with Crippen LogP contribution in [0.1, 0.15) is 52.9 Å². The number of hydrogen-bond acceptors (Lipinski definition) is 0. The topological polar surface area (TPSA) is 0 Å². The Morgan fingerprint density at radius 2 is 2.10 bits per heavy atom. The molecule has 2 unspecified atom stereocenters. The maximum Gasteiger partial charge on any atom is -0.0274 e. The van der Waals surface area contributed by atoms with Gasteiger partial charge in [-0.1, -0.05) is 33.6 Å². The van der Waals surface area contributed by atoms with E-state index in [0.29, 0.717) is 0 Å². The minimum atomic E-state index is 0.773. The lowest BCUT2D eigenvalue weighted by Gasteiger charge is -2.48. The highest BCUT2D eigenvalue weighted by Gasteiger charge is 2.40. The van der Waals surface area contributed by atoms with Crippen LogP contribution in [0.15, 0.2) is 0 Å². The molecule has 0 heterocycles. The number of hydrogen-bond donors (Lipinski definition) is 0. The van der Waals surface area contributed by atoms with E-state index in [1.807, 2.05) is 0 Å². The monoisotopic (exact) mass is 140 g/mol. The van der Waals surface area contributed by atoms with Crippen molar-refractivity contribution in [2.24, 2.45) is 11.3 Å². The standard InChI is InChI=1S/C10H20/c1-4-7-10(5-2)8-6-9(10)3/h9H,4-8H2,1-3H3. The van der Waals surface area contributed by atoms with E-state index in [1.165, 1.54) is 32.1 Å². The van der Waals surface area contributed by atoms with Gasteiger partial charge in [0.05, 0.1) is 0 Å². The summed E-state index contributed by atoms with van der Waals surface area (Å²) >= 11 is 0. The van der Waals surface area contributed by atoms with E-state index in [-0.39, 0.29) is 0 Å². The van der Waals surface area contributed by atoms with Gasteiger partial charge in [-0.2, -0.15) is 0 Å². The summed E-state index contributed by atoms with van der Waals surface area (Å²) in [5.74, 6) is 1.01. The Balaban J connectivity index is 2.43. The highest BCUT2D eigenvalue weighted by molar-refractivity contribution is 4.91. The second kappa shape index (κ2) is 2.94. The van der Waals surface area contributed by atoms with Gasteiger partial charge >= 0.3 is 0 Å². The van der Waals surface area contributed by atoms with Crippen molar-refractivity contribution >= 4 is 0 Å². The zero-order valence-corrected chi connectivity index (χ0v) is 7.61. The molecule has 0 N–H and O–H groups in total. The van der Waals surface area contributed by atoms with Crippen LogP contribution in [0.4, 0.5) is 0 Å². The van der Waals surface area contributed by atoms with E-state index < -0.39 is 0 Å². The van der Waals surface area contributed by atoms with Crippen LogP contribution in [0.25, 0.3) is 0 Å². The molecular formula is C10H20. The van der Waals surface area contributed by atoms with Gasteiger partial charge < -0.3 is 0 Å². The van der Waals surface area contributed by atoms with E-state index in [4.69, 9.17) is 0 Å². The second-order valence-corrected chi connectivity index (χ2v) is 3.91. The van der Waals surface area contributed by atoms with Gasteiger partial charge in [-0.15, -0.1) is 0 Å². The van der Waals surface area contributed by atoms with Crippen molar-refractivity contribution in [2.45, 2.75) is 52.9 Å². The van der Waals surface area contributed by atoms with Gasteiger partial charge in [0.15, 0.2) is 0 Å². The van der Waals surface area contributed by atoms with Gasteiger partial charge in [0.25, 0.3) is 0 Å². The first-order valence-corrected chi connectivity index (χ1v) is 4.75. The largest absolute Gasteiger partial charge is 0.0654 e. The van der Waals surface area contributed by atoms with E-state index in [9.17, 15) is 0 Å². The van der Waals surface area contributed by atoms with E-state index in [2.05, 4.69) is 20.8 Å². The zero-order valence-electron chi connectivity index (χ0n) is 7.61. The second-order valence-electron chi connectivity index (χ2n) is 3.91. The van der Waals surface area contributed by atoms with E-state index in [1.54, 1.807) is 0 Å². The predicted molar refractivity (Wildman–Crippen MR) is 46.0 cm³/mol. The van der Waals surface area contributed by atoms with Gasteiger partial charge in [0, 0.05) is 0 Å². The molecule has 0 bridgehead atoms. The first-order chi connectivity index (χ1) is 4.75. The third-order valence-corrected chi connectivity index (χ3v) is 3.57. The summed E-state index contributed by atoms with van der Waals surface area (Å²) in [6, 6.07) is 0. The molecule has 0 aromatic carbocycles. The predicted octanol–water partition coefficient (Wildman–Crippen LogP) is 3.61. The molecule has 0 aromatic rings. The Kier molecular flexibility index (Phi) is 2.38. The SMILES string of the molecule is CCCC1(CC)CCC1C. The van der Waals surface area contributed by atoms with Crippen LogP contribution in [0.3, 0.4) is 0 Å². The maximum atomic E-state index is 2.42. The Bertz CT molecular complexity index is 103. The quantitative estimate of drug-likeness (QED) is 0.561. The van der Waals surface area contributed by atoms with Crippen molar-refractivity contribution in [3.05, 3.63) is 0 Å². The highest BCUT2D eigenvalue weighted by Crippen LogP contribution is 2.52. The molecule has 1 saturated carbocycles. The maximum absolute atomic E-state index is 2.42. The lowest BCUT2D eigenvalue weighted by molar-refractivity contribution is 0.0283. The van der Waals surface area contributed by atoms with Gasteiger partial charge in [-0.25, -0.2) is 0 Å². The van der Waals surface area contributed by atoms with Crippen molar-refractivity contribution in [1.29, 1.82) is 0 Å². The molecule has 1 rings (SSSR count). The molecule has 60 valence electrons. The third-order valence-electron chi connectivity index (χ3n) is 3.57. The molecule has 0 spiro atoms. The minimum absolute atomic E-state index is 0.773. The van der Waals surface area contributed by atoms with Crippen molar-refractivity contribution in [3.63, 3.8) is 0 Å². The molecule has 0 heteroatoms. The zero-order chi connectivity index (χ0) is 7.61. The van der Waals surface area contributed by atoms with E-state index in [0.717, 1.165) is 11.3 Å². The molecule has 1 fully saturated rings. The first kappa shape index (κ1) is 8.10. The lowest BCUT2D eigenvalue weighted by Crippen LogP contribution is -2.37. The van der Waals surface area contributed by atoms with Crippen LogP contribution in [0.2, 0.25) is 0 Å². The average molecular weight is 140 g/mol. The summed E-state index contributed by atoms with van der Waals surface area (Å²) in [5.41, 5.74) is 0.773. The number of rotatable bonds is 3. The molecule has 0 aromatic heterocycles. The molecular weight excluding hydrogens is 120 g/mol. The third kappa shape index (κ3) is 1.09.